The summed E-state index contributed by atoms with van der Waals surface area (Å²) in [5.74, 6) is 1.54. The van der Waals surface area contributed by atoms with Crippen LogP contribution in [-0.2, 0) is 4.79 Å². The number of ketones is 1. The van der Waals surface area contributed by atoms with Crippen LogP contribution in [0.15, 0.2) is 30.3 Å². The van der Waals surface area contributed by atoms with Gasteiger partial charge in [-0.05, 0) is 68.1 Å². The Balaban J connectivity index is 1.38. The smallest absolute Gasteiger partial charge is 0.260 e. The van der Waals surface area contributed by atoms with Gasteiger partial charge in [-0.15, -0.1) is 0 Å². The predicted molar refractivity (Wildman–Crippen MR) is 115 cm³/mol. The van der Waals surface area contributed by atoms with Crippen LogP contribution in [0.4, 0.5) is 0 Å². The molecule has 0 unspecified atom stereocenters. The van der Waals surface area contributed by atoms with Crippen LogP contribution >= 0.6 is 0 Å². The van der Waals surface area contributed by atoms with E-state index in [1.807, 2.05) is 62.9 Å². The summed E-state index contributed by atoms with van der Waals surface area (Å²) in [7, 11) is 0. The number of amides is 1. The van der Waals surface area contributed by atoms with Gasteiger partial charge >= 0.3 is 0 Å². The molecule has 1 spiro atoms. The fourth-order valence-corrected chi connectivity index (χ4v) is 4.26. The first-order chi connectivity index (χ1) is 14.3. The Morgan fingerprint density at radius 1 is 1.03 bits per heavy atom. The molecule has 5 nitrogen and oxygen atoms in total. The first kappa shape index (κ1) is 20.5. The van der Waals surface area contributed by atoms with Crippen molar-refractivity contribution in [1.82, 2.24) is 4.90 Å². The minimum Gasteiger partial charge on any atom is -0.486 e. The third-order valence-electron chi connectivity index (χ3n) is 6.65. The summed E-state index contributed by atoms with van der Waals surface area (Å²) in [5.41, 5.74) is 4.67. The predicted octanol–water partition coefficient (Wildman–Crippen LogP) is 4.33. The van der Waals surface area contributed by atoms with E-state index in [2.05, 4.69) is 0 Å². The van der Waals surface area contributed by atoms with Gasteiger partial charge in [-0.25, -0.2) is 0 Å². The van der Waals surface area contributed by atoms with Crippen molar-refractivity contribution in [2.24, 2.45) is 0 Å². The number of hydrogen-bond acceptors (Lipinski definition) is 4. The Morgan fingerprint density at radius 3 is 2.43 bits per heavy atom. The SMILES string of the molecule is Cc1ccc(OCC(=O)N2CCC3(CC2)CC(=O)c2ccc(C)c(C)c2O3)cc1C. The van der Waals surface area contributed by atoms with Gasteiger partial charge in [0.2, 0.25) is 0 Å². The standard InChI is InChI=1S/C25H29NO4/c1-16-5-7-20(13-18(16)3)29-15-23(28)26-11-9-25(10-12-26)14-22(27)21-8-6-17(2)19(4)24(21)30-25/h5-8,13H,9-12,14-15H2,1-4H3. The van der Waals surface area contributed by atoms with Gasteiger partial charge in [0, 0.05) is 25.9 Å². The summed E-state index contributed by atoms with van der Waals surface area (Å²) in [6, 6.07) is 9.69. The molecule has 1 amide bonds. The molecule has 2 heterocycles. The lowest BCUT2D eigenvalue weighted by atomic mass is 9.81. The zero-order valence-corrected chi connectivity index (χ0v) is 18.2. The number of aryl methyl sites for hydroxylation is 3. The number of carbonyl (C=O) groups is 2. The highest BCUT2D eigenvalue weighted by molar-refractivity contribution is 6.01. The Labute approximate surface area is 178 Å². The largest absolute Gasteiger partial charge is 0.486 e. The first-order valence-corrected chi connectivity index (χ1v) is 10.6. The van der Waals surface area contributed by atoms with Gasteiger partial charge in [-0.2, -0.15) is 0 Å². The molecule has 0 atom stereocenters. The van der Waals surface area contributed by atoms with Crippen LogP contribution in [0.5, 0.6) is 11.5 Å². The molecule has 1 saturated heterocycles. The lowest BCUT2D eigenvalue weighted by Gasteiger charge is -2.44. The number of fused-ring (bicyclic) bond motifs is 1. The maximum Gasteiger partial charge on any atom is 0.260 e. The van der Waals surface area contributed by atoms with Crippen LogP contribution in [0.1, 0.15) is 51.9 Å². The molecule has 1 fully saturated rings. The average molecular weight is 408 g/mol. The number of rotatable bonds is 3. The fraction of sp³-hybridized carbons (Fsp3) is 0.440. The summed E-state index contributed by atoms with van der Waals surface area (Å²) in [5, 5.41) is 0. The molecule has 5 heteroatoms. The molecule has 2 aromatic carbocycles. The van der Waals surface area contributed by atoms with Gasteiger partial charge in [0.05, 0.1) is 12.0 Å². The van der Waals surface area contributed by atoms with Crippen molar-refractivity contribution in [2.75, 3.05) is 19.7 Å². The zero-order chi connectivity index (χ0) is 21.5. The molecular weight excluding hydrogens is 378 g/mol. The Kier molecular flexibility index (Phi) is 5.31. The van der Waals surface area contributed by atoms with Crippen molar-refractivity contribution in [1.29, 1.82) is 0 Å². The van der Waals surface area contributed by atoms with Crippen molar-refractivity contribution in [3.05, 3.63) is 58.1 Å². The monoisotopic (exact) mass is 407 g/mol. The molecule has 4 rings (SSSR count). The Morgan fingerprint density at radius 2 is 1.73 bits per heavy atom. The van der Waals surface area contributed by atoms with Crippen molar-refractivity contribution in [3.63, 3.8) is 0 Å². The first-order valence-electron chi connectivity index (χ1n) is 10.6. The third kappa shape index (κ3) is 3.81. The molecule has 2 aliphatic rings. The molecule has 0 saturated carbocycles. The van der Waals surface area contributed by atoms with Crippen LogP contribution in [0, 0.1) is 27.7 Å². The number of benzene rings is 2. The molecule has 0 N–H and O–H groups in total. The van der Waals surface area contributed by atoms with Gasteiger partial charge in [-0.3, -0.25) is 9.59 Å². The number of ether oxygens (including phenoxy) is 2. The Hall–Kier alpha value is -2.82. The molecule has 30 heavy (non-hydrogen) atoms. The molecule has 158 valence electrons. The summed E-state index contributed by atoms with van der Waals surface area (Å²) in [4.78, 5) is 27.2. The average Bonchev–Trinajstić information content (AvgIpc) is 2.72. The minimum absolute atomic E-state index is 0.0242. The van der Waals surface area contributed by atoms with Crippen LogP contribution in [-0.4, -0.2) is 41.9 Å². The Bertz CT molecular complexity index is 1000. The number of nitrogens with zero attached hydrogens (tertiary/aromatic N) is 1. The second-order valence-electron chi connectivity index (χ2n) is 8.68. The van der Waals surface area contributed by atoms with Crippen molar-refractivity contribution >= 4 is 11.7 Å². The summed E-state index contributed by atoms with van der Waals surface area (Å²) in [6.45, 7) is 9.28. The van der Waals surface area contributed by atoms with Gasteiger partial charge in [-0.1, -0.05) is 12.1 Å². The van der Waals surface area contributed by atoms with E-state index >= 15 is 0 Å². The molecule has 2 aromatic rings. The summed E-state index contributed by atoms with van der Waals surface area (Å²) < 4.78 is 12.1. The van der Waals surface area contributed by atoms with Crippen molar-refractivity contribution in [2.45, 2.75) is 52.6 Å². The van der Waals surface area contributed by atoms with Gasteiger partial charge in [0.15, 0.2) is 12.4 Å². The van der Waals surface area contributed by atoms with Crippen LogP contribution in [0.3, 0.4) is 0 Å². The highest BCUT2D eigenvalue weighted by Crippen LogP contribution is 2.41. The second kappa shape index (κ2) is 7.78. The van der Waals surface area contributed by atoms with E-state index in [1.54, 1.807) is 0 Å². The highest BCUT2D eigenvalue weighted by atomic mass is 16.5. The third-order valence-corrected chi connectivity index (χ3v) is 6.65. The lowest BCUT2D eigenvalue weighted by Crippen LogP contribution is -2.53. The topological polar surface area (TPSA) is 55.8 Å². The van der Waals surface area contributed by atoms with Crippen LogP contribution in [0.2, 0.25) is 0 Å². The van der Waals surface area contributed by atoms with Gasteiger partial charge in [0.25, 0.3) is 5.91 Å². The summed E-state index contributed by atoms with van der Waals surface area (Å²) >= 11 is 0. The molecule has 0 bridgehead atoms. The van der Waals surface area contributed by atoms with Crippen molar-refractivity contribution in [3.8, 4) is 11.5 Å². The van der Waals surface area contributed by atoms with E-state index in [-0.39, 0.29) is 18.3 Å². The number of carbonyl (C=O) groups excluding carboxylic acids is 2. The molecule has 0 aromatic heterocycles. The number of hydrogen-bond donors (Lipinski definition) is 0. The highest BCUT2D eigenvalue weighted by Gasteiger charge is 2.44. The normalized spacial score (nSPS) is 17.5. The molecule has 2 aliphatic heterocycles. The molecular formula is C25H29NO4. The summed E-state index contributed by atoms with van der Waals surface area (Å²) in [6.07, 6.45) is 1.69. The minimum atomic E-state index is -0.506. The van der Waals surface area contributed by atoms with E-state index in [9.17, 15) is 9.59 Å². The zero-order valence-electron chi connectivity index (χ0n) is 18.2. The van der Waals surface area contributed by atoms with E-state index in [0.717, 1.165) is 22.4 Å². The lowest BCUT2D eigenvalue weighted by molar-refractivity contribution is -0.136. The molecule has 0 aliphatic carbocycles. The van der Waals surface area contributed by atoms with E-state index in [1.165, 1.54) is 5.56 Å². The van der Waals surface area contributed by atoms with E-state index in [4.69, 9.17) is 9.47 Å². The second-order valence-corrected chi connectivity index (χ2v) is 8.68. The number of likely N-dealkylation sites (tertiary alicyclic amines) is 1. The number of piperidine rings is 1. The maximum absolute atomic E-state index is 12.8. The van der Waals surface area contributed by atoms with E-state index in [0.29, 0.717) is 43.7 Å². The number of Topliss-reactive ketones (excluding diaryl/α,β-unsaturated/α-hetero) is 1. The van der Waals surface area contributed by atoms with Gasteiger partial charge < -0.3 is 14.4 Å². The maximum atomic E-state index is 12.8. The van der Waals surface area contributed by atoms with E-state index < -0.39 is 5.60 Å². The quantitative estimate of drug-likeness (QED) is 0.760. The molecule has 0 radical (unpaired) electrons. The van der Waals surface area contributed by atoms with Gasteiger partial charge in [0.1, 0.15) is 17.1 Å². The van der Waals surface area contributed by atoms with Crippen LogP contribution < -0.4 is 9.47 Å². The van der Waals surface area contributed by atoms with Crippen molar-refractivity contribution < 1.29 is 19.1 Å². The fourth-order valence-electron chi connectivity index (χ4n) is 4.26. The van der Waals surface area contributed by atoms with Crippen LogP contribution in [0.25, 0.3) is 0 Å².